The van der Waals surface area contributed by atoms with Crippen LogP contribution in [0.1, 0.15) is 12.8 Å². The fourth-order valence-electron chi connectivity index (χ4n) is 2.08. The zero-order chi connectivity index (χ0) is 13.0. The number of urea groups is 1. The lowest BCUT2D eigenvalue weighted by atomic mass is 10.2. The maximum atomic E-state index is 11.8. The molecule has 0 aliphatic carbocycles. The van der Waals surface area contributed by atoms with Crippen LogP contribution in [0.3, 0.4) is 0 Å². The molecule has 7 heteroatoms. The van der Waals surface area contributed by atoms with Crippen LogP contribution in [0.25, 0.3) is 0 Å². The molecule has 1 aromatic heterocycles. The van der Waals surface area contributed by atoms with Crippen molar-refractivity contribution in [3.05, 3.63) is 18.5 Å². The first-order valence-corrected chi connectivity index (χ1v) is 5.93. The monoisotopic (exact) mass is 252 g/mol. The summed E-state index contributed by atoms with van der Waals surface area (Å²) < 4.78 is 1.71. The lowest BCUT2D eigenvalue weighted by Gasteiger charge is -2.21. The van der Waals surface area contributed by atoms with E-state index in [1.165, 1.54) is 4.90 Å². The summed E-state index contributed by atoms with van der Waals surface area (Å²) in [7, 11) is 0. The minimum Gasteiger partial charge on any atom is -0.480 e. The Morgan fingerprint density at radius 3 is 3.00 bits per heavy atom. The third-order valence-corrected chi connectivity index (χ3v) is 2.98. The summed E-state index contributed by atoms with van der Waals surface area (Å²) in [5.74, 6) is -0.935. The molecule has 1 aromatic rings. The van der Waals surface area contributed by atoms with Crippen LogP contribution in [0.5, 0.6) is 0 Å². The molecule has 0 radical (unpaired) electrons. The van der Waals surface area contributed by atoms with Gasteiger partial charge in [0.2, 0.25) is 0 Å². The van der Waals surface area contributed by atoms with Crippen molar-refractivity contribution < 1.29 is 14.7 Å². The summed E-state index contributed by atoms with van der Waals surface area (Å²) in [6.07, 6.45) is 4.75. The molecule has 98 valence electrons. The van der Waals surface area contributed by atoms with Crippen LogP contribution in [0.2, 0.25) is 0 Å². The molecule has 0 saturated carbocycles. The van der Waals surface area contributed by atoms with Crippen molar-refractivity contribution in [3.8, 4) is 0 Å². The first-order valence-electron chi connectivity index (χ1n) is 5.93. The molecule has 2 rings (SSSR count). The Morgan fingerprint density at radius 1 is 1.50 bits per heavy atom. The van der Waals surface area contributed by atoms with Crippen molar-refractivity contribution in [2.45, 2.75) is 25.4 Å². The van der Waals surface area contributed by atoms with E-state index in [4.69, 9.17) is 5.11 Å². The smallest absolute Gasteiger partial charge is 0.326 e. The van der Waals surface area contributed by atoms with Crippen molar-refractivity contribution in [2.24, 2.45) is 0 Å². The summed E-state index contributed by atoms with van der Waals surface area (Å²) in [5.41, 5.74) is 0. The third kappa shape index (κ3) is 2.79. The lowest BCUT2D eigenvalue weighted by molar-refractivity contribution is -0.141. The average Bonchev–Trinajstić information content (AvgIpc) is 2.99. The number of aromatic nitrogens is 2. The number of nitrogens with one attached hydrogen (secondary N) is 1. The minimum absolute atomic E-state index is 0.313. The van der Waals surface area contributed by atoms with E-state index in [0.29, 0.717) is 26.1 Å². The van der Waals surface area contributed by atoms with Gasteiger partial charge in [0.15, 0.2) is 0 Å². The molecule has 2 heterocycles. The molecule has 2 amide bonds. The Hall–Kier alpha value is -2.05. The van der Waals surface area contributed by atoms with Gasteiger partial charge in [-0.2, -0.15) is 5.10 Å². The molecule has 1 aliphatic rings. The van der Waals surface area contributed by atoms with E-state index in [-0.39, 0.29) is 6.03 Å². The molecular weight excluding hydrogens is 236 g/mol. The number of hydrogen-bond acceptors (Lipinski definition) is 3. The van der Waals surface area contributed by atoms with E-state index >= 15 is 0 Å². The number of likely N-dealkylation sites (tertiary alicyclic amines) is 1. The number of hydrogen-bond donors (Lipinski definition) is 2. The summed E-state index contributed by atoms with van der Waals surface area (Å²) >= 11 is 0. The molecule has 2 N–H and O–H groups in total. The van der Waals surface area contributed by atoms with E-state index in [2.05, 4.69) is 10.4 Å². The molecular formula is C11H16N4O3. The van der Waals surface area contributed by atoms with Crippen LogP contribution in [-0.2, 0) is 11.3 Å². The Morgan fingerprint density at radius 2 is 2.33 bits per heavy atom. The van der Waals surface area contributed by atoms with Crippen LogP contribution >= 0.6 is 0 Å². The van der Waals surface area contributed by atoms with E-state index in [1.54, 1.807) is 10.9 Å². The Kier molecular flexibility index (Phi) is 3.81. The molecule has 0 aromatic carbocycles. The van der Waals surface area contributed by atoms with E-state index in [1.807, 2.05) is 12.3 Å². The maximum Gasteiger partial charge on any atom is 0.326 e. The largest absolute Gasteiger partial charge is 0.480 e. The number of amides is 2. The summed E-state index contributed by atoms with van der Waals surface area (Å²) in [4.78, 5) is 24.1. The molecule has 1 aliphatic heterocycles. The van der Waals surface area contributed by atoms with Gasteiger partial charge in [-0.05, 0) is 18.9 Å². The first kappa shape index (κ1) is 12.4. The van der Waals surface area contributed by atoms with Gasteiger partial charge in [0, 0.05) is 25.5 Å². The van der Waals surface area contributed by atoms with Crippen LogP contribution < -0.4 is 5.32 Å². The van der Waals surface area contributed by atoms with Crippen LogP contribution in [0.4, 0.5) is 4.79 Å². The maximum absolute atomic E-state index is 11.8. The van der Waals surface area contributed by atoms with Gasteiger partial charge in [-0.15, -0.1) is 0 Å². The van der Waals surface area contributed by atoms with Crippen molar-refractivity contribution in [1.82, 2.24) is 20.0 Å². The topological polar surface area (TPSA) is 87.5 Å². The fraction of sp³-hybridized carbons (Fsp3) is 0.545. The number of rotatable bonds is 4. The Balaban J connectivity index is 1.79. The fourth-order valence-corrected chi connectivity index (χ4v) is 2.08. The highest BCUT2D eigenvalue weighted by atomic mass is 16.4. The number of carboxylic acid groups (broad SMARTS) is 1. The second-order valence-electron chi connectivity index (χ2n) is 4.19. The predicted octanol–water partition coefficient (Wildman–Crippen LogP) is 0.142. The van der Waals surface area contributed by atoms with Gasteiger partial charge in [0.05, 0.1) is 6.54 Å². The average molecular weight is 252 g/mol. The van der Waals surface area contributed by atoms with Crippen molar-refractivity contribution in [1.29, 1.82) is 0 Å². The third-order valence-electron chi connectivity index (χ3n) is 2.98. The van der Waals surface area contributed by atoms with Gasteiger partial charge in [-0.25, -0.2) is 9.59 Å². The normalized spacial score (nSPS) is 18.9. The Labute approximate surface area is 104 Å². The second-order valence-corrected chi connectivity index (χ2v) is 4.19. The van der Waals surface area contributed by atoms with Gasteiger partial charge in [-0.3, -0.25) is 4.68 Å². The van der Waals surface area contributed by atoms with Crippen LogP contribution in [-0.4, -0.2) is 50.9 Å². The van der Waals surface area contributed by atoms with Crippen molar-refractivity contribution >= 4 is 12.0 Å². The van der Waals surface area contributed by atoms with Crippen molar-refractivity contribution in [3.63, 3.8) is 0 Å². The predicted molar refractivity (Wildman–Crippen MR) is 63.0 cm³/mol. The van der Waals surface area contributed by atoms with Gasteiger partial charge >= 0.3 is 12.0 Å². The van der Waals surface area contributed by atoms with Crippen molar-refractivity contribution in [2.75, 3.05) is 13.1 Å². The highest BCUT2D eigenvalue weighted by Gasteiger charge is 2.33. The summed E-state index contributed by atoms with van der Waals surface area (Å²) in [6, 6.07) is 0.810. The van der Waals surface area contributed by atoms with E-state index in [9.17, 15) is 9.59 Å². The highest BCUT2D eigenvalue weighted by molar-refractivity contribution is 5.83. The van der Waals surface area contributed by atoms with Gasteiger partial charge in [-0.1, -0.05) is 0 Å². The van der Waals surface area contributed by atoms with Crippen LogP contribution in [0.15, 0.2) is 18.5 Å². The van der Waals surface area contributed by atoms with Gasteiger partial charge < -0.3 is 15.3 Å². The van der Waals surface area contributed by atoms with E-state index < -0.39 is 12.0 Å². The zero-order valence-electron chi connectivity index (χ0n) is 9.95. The summed E-state index contributed by atoms with van der Waals surface area (Å²) in [5, 5.41) is 15.7. The second kappa shape index (κ2) is 5.52. The molecule has 1 unspecified atom stereocenters. The first-order chi connectivity index (χ1) is 8.68. The van der Waals surface area contributed by atoms with E-state index in [0.717, 1.165) is 6.42 Å². The highest BCUT2D eigenvalue weighted by Crippen LogP contribution is 2.17. The molecule has 7 nitrogen and oxygen atoms in total. The molecule has 1 atom stereocenters. The quantitative estimate of drug-likeness (QED) is 0.798. The van der Waals surface area contributed by atoms with Crippen LogP contribution in [0, 0.1) is 0 Å². The summed E-state index contributed by atoms with van der Waals surface area (Å²) in [6.45, 7) is 1.51. The standard InChI is InChI=1S/C11H16N4O3/c16-10(17)9-3-1-7-15(9)11(18)12-5-8-14-6-2-4-13-14/h2,4,6,9H,1,3,5,7-8H2,(H,12,18)(H,16,17). The zero-order valence-corrected chi connectivity index (χ0v) is 9.95. The number of carboxylic acids is 1. The number of carbonyl (C=O) groups excluding carboxylic acids is 1. The van der Waals surface area contributed by atoms with Gasteiger partial charge in [0.25, 0.3) is 0 Å². The molecule has 1 saturated heterocycles. The minimum atomic E-state index is -0.935. The Bertz CT molecular complexity index is 418. The molecule has 18 heavy (non-hydrogen) atoms. The lowest BCUT2D eigenvalue weighted by Crippen LogP contribution is -2.46. The SMILES string of the molecule is O=C(O)C1CCCN1C(=O)NCCn1cccn1. The number of aliphatic carboxylic acids is 1. The molecule has 0 bridgehead atoms. The number of nitrogens with zero attached hydrogens (tertiary/aromatic N) is 3. The molecule has 1 fully saturated rings. The molecule has 0 spiro atoms. The van der Waals surface area contributed by atoms with Gasteiger partial charge in [0.1, 0.15) is 6.04 Å². The number of carbonyl (C=O) groups is 2.